The molecular formula is C20H21N3O5S2. The SMILES string of the molecule is CC(=O)Nc1ccc2nc(NC(=O)CCCOc3ccc(S(C)(=O)=O)cc3)sc2c1. The lowest BCUT2D eigenvalue weighted by atomic mass is 10.3. The van der Waals surface area contributed by atoms with Crippen LogP contribution in [0.2, 0.25) is 0 Å². The zero-order valence-corrected chi connectivity index (χ0v) is 18.1. The van der Waals surface area contributed by atoms with E-state index in [9.17, 15) is 18.0 Å². The van der Waals surface area contributed by atoms with Gasteiger partial charge in [0.2, 0.25) is 11.8 Å². The van der Waals surface area contributed by atoms with Crippen molar-refractivity contribution < 1.29 is 22.7 Å². The van der Waals surface area contributed by atoms with Crippen LogP contribution in [0.1, 0.15) is 19.8 Å². The molecule has 0 radical (unpaired) electrons. The van der Waals surface area contributed by atoms with E-state index in [1.165, 1.54) is 30.4 Å². The number of sulfone groups is 1. The molecule has 2 N–H and O–H groups in total. The Morgan fingerprint density at radius 3 is 2.50 bits per heavy atom. The number of hydrogen-bond donors (Lipinski definition) is 2. The highest BCUT2D eigenvalue weighted by Gasteiger charge is 2.10. The summed E-state index contributed by atoms with van der Waals surface area (Å²) in [4.78, 5) is 27.9. The van der Waals surface area contributed by atoms with Crippen LogP contribution in [-0.4, -0.2) is 38.1 Å². The third-order valence-electron chi connectivity index (χ3n) is 4.02. The van der Waals surface area contributed by atoms with Crippen molar-refractivity contribution in [2.45, 2.75) is 24.7 Å². The van der Waals surface area contributed by atoms with E-state index in [4.69, 9.17) is 4.74 Å². The first-order chi connectivity index (χ1) is 14.2. The number of fused-ring (bicyclic) bond motifs is 1. The maximum Gasteiger partial charge on any atom is 0.226 e. The second-order valence-corrected chi connectivity index (χ2v) is 9.67. The first kappa shape index (κ1) is 21.7. The Morgan fingerprint density at radius 1 is 1.10 bits per heavy atom. The molecule has 10 heteroatoms. The number of thiazole rings is 1. The summed E-state index contributed by atoms with van der Waals surface area (Å²) in [6, 6.07) is 11.5. The quantitative estimate of drug-likeness (QED) is 0.511. The Morgan fingerprint density at radius 2 is 1.83 bits per heavy atom. The van der Waals surface area contributed by atoms with E-state index < -0.39 is 9.84 Å². The van der Waals surface area contributed by atoms with Gasteiger partial charge in [0.15, 0.2) is 15.0 Å². The molecule has 2 aromatic carbocycles. The zero-order valence-electron chi connectivity index (χ0n) is 16.5. The van der Waals surface area contributed by atoms with Crippen molar-refractivity contribution in [2.24, 2.45) is 0 Å². The minimum atomic E-state index is -3.24. The molecule has 0 saturated heterocycles. The summed E-state index contributed by atoms with van der Waals surface area (Å²) in [6.07, 6.45) is 1.90. The number of carbonyl (C=O) groups is 2. The second kappa shape index (κ2) is 9.23. The van der Waals surface area contributed by atoms with Gasteiger partial charge < -0.3 is 15.4 Å². The molecule has 0 aliphatic carbocycles. The Balaban J connectivity index is 1.47. The van der Waals surface area contributed by atoms with E-state index in [2.05, 4.69) is 15.6 Å². The maximum atomic E-state index is 12.1. The molecule has 8 nitrogen and oxygen atoms in total. The van der Waals surface area contributed by atoms with Gasteiger partial charge in [0, 0.05) is 25.3 Å². The Labute approximate surface area is 178 Å². The van der Waals surface area contributed by atoms with Crippen molar-refractivity contribution in [3.05, 3.63) is 42.5 Å². The Hall–Kier alpha value is -2.98. The van der Waals surface area contributed by atoms with E-state index in [-0.39, 0.29) is 23.1 Å². The van der Waals surface area contributed by atoms with E-state index >= 15 is 0 Å². The molecule has 1 heterocycles. The number of hydrogen-bond acceptors (Lipinski definition) is 7. The van der Waals surface area contributed by atoms with Crippen LogP contribution in [0.5, 0.6) is 5.75 Å². The number of rotatable bonds is 8. The third kappa shape index (κ3) is 6.01. The molecule has 30 heavy (non-hydrogen) atoms. The lowest BCUT2D eigenvalue weighted by Crippen LogP contribution is -2.12. The summed E-state index contributed by atoms with van der Waals surface area (Å²) in [7, 11) is -3.24. The lowest BCUT2D eigenvalue weighted by Gasteiger charge is -2.06. The van der Waals surface area contributed by atoms with Gasteiger partial charge in [0.25, 0.3) is 0 Å². The normalized spacial score (nSPS) is 11.3. The summed E-state index contributed by atoms with van der Waals surface area (Å²) in [5, 5.41) is 5.98. The highest BCUT2D eigenvalue weighted by atomic mass is 32.2. The lowest BCUT2D eigenvalue weighted by molar-refractivity contribution is -0.116. The molecule has 3 aromatic rings. The van der Waals surface area contributed by atoms with Gasteiger partial charge in [-0.3, -0.25) is 9.59 Å². The van der Waals surface area contributed by atoms with Gasteiger partial charge in [0.05, 0.1) is 21.7 Å². The summed E-state index contributed by atoms with van der Waals surface area (Å²) in [5.41, 5.74) is 1.42. The van der Waals surface area contributed by atoms with E-state index in [0.717, 1.165) is 16.5 Å². The molecule has 3 rings (SSSR count). The number of amides is 2. The van der Waals surface area contributed by atoms with Gasteiger partial charge in [0.1, 0.15) is 5.75 Å². The van der Waals surface area contributed by atoms with Crippen LogP contribution in [0.4, 0.5) is 10.8 Å². The number of benzene rings is 2. The van der Waals surface area contributed by atoms with Crippen molar-refractivity contribution in [2.75, 3.05) is 23.5 Å². The fraction of sp³-hybridized carbons (Fsp3) is 0.250. The minimum absolute atomic E-state index is 0.152. The molecule has 158 valence electrons. The van der Waals surface area contributed by atoms with Gasteiger partial charge in [-0.05, 0) is 48.9 Å². The second-order valence-electron chi connectivity index (χ2n) is 6.63. The molecular weight excluding hydrogens is 426 g/mol. The van der Waals surface area contributed by atoms with E-state index in [1.54, 1.807) is 24.3 Å². The highest BCUT2D eigenvalue weighted by Crippen LogP contribution is 2.28. The fourth-order valence-electron chi connectivity index (χ4n) is 2.65. The monoisotopic (exact) mass is 447 g/mol. The largest absolute Gasteiger partial charge is 0.494 e. The third-order valence-corrected chi connectivity index (χ3v) is 6.09. The predicted octanol–water partition coefficient (Wildman–Crippen LogP) is 3.46. The van der Waals surface area contributed by atoms with Crippen molar-refractivity contribution in [3.8, 4) is 5.75 Å². The fourth-order valence-corrected chi connectivity index (χ4v) is 4.20. The molecule has 0 aliphatic heterocycles. The molecule has 0 atom stereocenters. The summed E-state index contributed by atoms with van der Waals surface area (Å²) in [5.74, 6) is 0.220. The van der Waals surface area contributed by atoms with Crippen LogP contribution >= 0.6 is 11.3 Å². The summed E-state index contributed by atoms with van der Waals surface area (Å²) in [6.45, 7) is 1.77. The molecule has 0 spiro atoms. The molecule has 0 bridgehead atoms. The molecule has 0 saturated carbocycles. The number of nitrogens with one attached hydrogen (secondary N) is 2. The highest BCUT2D eigenvalue weighted by molar-refractivity contribution is 7.90. The minimum Gasteiger partial charge on any atom is -0.494 e. The van der Waals surface area contributed by atoms with Crippen molar-refractivity contribution in [1.29, 1.82) is 0 Å². The van der Waals surface area contributed by atoms with Crippen LogP contribution < -0.4 is 15.4 Å². The molecule has 2 amide bonds. The maximum absolute atomic E-state index is 12.1. The van der Waals surface area contributed by atoms with Crippen LogP contribution in [-0.2, 0) is 19.4 Å². The van der Waals surface area contributed by atoms with Gasteiger partial charge in [-0.25, -0.2) is 13.4 Å². The predicted molar refractivity (Wildman–Crippen MR) is 117 cm³/mol. The van der Waals surface area contributed by atoms with Crippen molar-refractivity contribution >= 4 is 54.0 Å². The number of anilines is 2. The molecule has 0 unspecified atom stereocenters. The molecule has 0 aliphatic rings. The van der Waals surface area contributed by atoms with Crippen molar-refractivity contribution in [3.63, 3.8) is 0 Å². The Kier molecular flexibility index (Phi) is 6.68. The summed E-state index contributed by atoms with van der Waals surface area (Å²) < 4.78 is 29.3. The number of ether oxygens (including phenoxy) is 1. The summed E-state index contributed by atoms with van der Waals surface area (Å²) >= 11 is 1.33. The van der Waals surface area contributed by atoms with E-state index in [1.807, 2.05) is 6.07 Å². The van der Waals surface area contributed by atoms with Crippen LogP contribution in [0.25, 0.3) is 10.2 Å². The smallest absolute Gasteiger partial charge is 0.226 e. The number of carbonyl (C=O) groups excluding carboxylic acids is 2. The van der Waals surface area contributed by atoms with Crippen LogP contribution in [0.3, 0.4) is 0 Å². The van der Waals surface area contributed by atoms with Gasteiger partial charge in [-0.2, -0.15) is 0 Å². The van der Waals surface area contributed by atoms with Crippen LogP contribution in [0, 0.1) is 0 Å². The van der Waals surface area contributed by atoms with Gasteiger partial charge in [-0.15, -0.1) is 0 Å². The van der Waals surface area contributed by atoms with Gasteiger partial charge >= 0.3 is 0 Å². The first-order valence-electron chi connectivity index (χ1n) is 9.12. The average molecular weight is 448 g/mol. The number of aromatic nitrogens is 1. The number of nitrogens with zero attached hydrogens (tertiary/aromatic N) is 1. The standard InChI is InChI=1S/C20H21N3O5S2/c1-13(24)21-14-5-10-17-18(12-14)29-20(22-17)23-19(25)4-3-11-28-15-6-8-16(9-7-15)30(2,26)27/h5-10,12H,3-4,11H2,1-2H3,(H,21,24)(H,22,23,25). The average Bonchev–Trinajstić information content (AvgIpc) is 3.06. The Bertz CT molecular complexity index is 1170. The van der Waals surface area contributed by atoms with Gasteiger partial charge in [-0.1, -0.05) is 11.3 Å². The topological polar surface area (TPSA) is 114 Å². The van der Waals surface area contributed by atoms with Crippen LogP contribution in [0.15, 0.2) is 47.4 Å². The van der Waals surface area contributed by atoms with Crippen molar-refractivity contribution in [1.82, 2.24) is 4.98 Å². The van der Waals surface area contributed by atoms with E-state index in [0.29, 0.717) is 29.6 Å². The first-order valence-corrected chi connectivity index (χ1v) is 11.8. The molecule has 1 aromatic heterocycles. The zero-order chi connectivity index (χ0) is 21.7. The molecule has 0 fully saturated rings.